The van der Waals surface area contributed by atoms with Gasteiger partial charge in [0.1, 0.15) is 42.7 Å². The van der Waals surface area contributed by atoms with Crippen molar-refractivity contribution in [2.45, 2.75) is 61.7 Å². The molecule has 0 unspecified atom stereocenters. The molecule has 1 aromatic carbocycles. The molecule has 0 aliphatic carbocycles. The Labute approximate surface area is 167 Å². The molecule has 10 nitrogen and oxygen atoms in total. The van der Waals surface area contributed by atoms with Crippen LogP contribution in [0.2, 0.25) is 0 Å². The number of hydrogen-bond acceptors (Lipinski definition) is 10. The van der Waals surface area contributed by atoms with E-state index >= 15 is 0 Å². The van der Waals surface area contributed by atoms with E-state index in [-0.39, 0.29) is 19.8 Å². The van der Waals surface area contributed by atoms with E-state index in [1.54, 1.807) is 0 Å². The highest BCUT2D eigenvalue weighted by Crippen LogP contribution is 2.24. The molecule has 6 N–H and O–H groups in total. The Morgan fingerprint density at radius 3 is 2.21 bits per heavy atom. The molecule has 9 atom stereocenters. The maximum Gasteiger partial charge on any atom is 0.186 e. The molecule has 0 radical (unpaired) electrons. The number of aliphatic hydroxyl groups is 6. The fraction of sp³-hybridized carbons (Fsp3) is 0.684. The quantitative estimate of drug-likeness (QED) is 0.281. The fourth-order valence-corrected chi connectivity index (χ4v) is 3.25. The molecular formula is C19H28O10. The predicted molar refractivity (Wildman–Crippen MR) is 96.5 cm³/mol. The van der Waals surface area contributed by atoms with E-state index < -0.39 is 55.3 Å². The van der Waals surface area contributed by atoms with Gasteiger partial charge < -0.3 is 49.6 Å². The molecule has 29 heavy (non-hydrogen) atoms. The van der Waals surface area contributed by atoms with Crippen LogP contribution in [0.1, 0.15) is 5.56 Å². The second kappa shape index (κ2) is 10.2. The fourth-order valence-electron chi connectivity index (χ4n) is 3.25. The zero-order chi connectivity index (χ0) is 21.0. The van der Waals surface area contributed by atoms with Crippen molar-refractivity contribution in [3.8, 4) is 0 Å². The summed E-state index contributed by atoms with van der Waals surface area (Å²) in [7, 11) is 0. The van der Waals surface area contributed by atoms with Crippen LogP contribution in [0.3, 0.4) is 0 Å². The molecule has 0 spiro atoms. The monoisotopic (exact) mass is 416 g/mol. The minimum absolute atomic E-state index is 0.219. The van der Waals surface area contributed by atoms with Crippen LogP contribution < -0.4 is 0 Å². The summed E-state index contributed by atoms with van der Waals surface area (Å²) < 4.78 is 21.6. The normalized spacial score (nSPS) is 40.7. The lowest BCUT2D eigenvalue weighted by Crippen LogP contribution is -2.60. The van der Waals surface area contributed by atoms with Gasteiger partial charge in [0.2, 0.25) is 0 Å². The summed E-state index contributed by atoms with van der Waals surface area (Å²) in [6, 6.07) is 9.54. The summed E-state index contributed by atoms with van der Waals surface area (Å²) in [5.74, 6) is 0. The van der Waals surface area contributed by atoms with Gasteiger partial charge in [0.25, 0.3) is 0 Å². The predicted octanol–water partition coefficient (Wildman–Crippen LogP) is -2.49. The van der Waals surface area contributed by atoms with Gasteiger partial charge in [0, 0.05) is 0 Å². The van der Waals surface area contributed by atoms with E-state index in [1.807, 2.05) is 30.3 Å². The lowest BCUT2D eigenvalue weighted by Gasteiger charge is -2.41. The first-order valence-electron chi connectivity index (χ1n) is 9.51. The van der Waals surface area contributed by atoms with Crippen molar-refractivity contribution in [2.24, 2.45) is 0 Å². The summed E-state index contributed by atoms with van der Waals surface area (Å²) in [6.45, 7) is -0.325. The molecule has 0 amide bonds. The molecular weight excluding hydrogens is 388 g/mol. The van der Waals surface area contributed by atoms with Crippen molar-refractivity contribution in [3.63, 3.8) is 0 Å². The van der Waals surface area contributed by atoms with Crippen LogP contribution in [0.15, 0.2) is 30.3 Å². The highest BCUT2D eigenvalue weighted by Gasteiger charge is 2.45. The lowest BCUT2D eigenvalue weighted by atomic mass is 9.99. The van der Waals surface area contributed by atoms with Gasteiger partial charge in [0.15, 0.2) is 12.6 Å². The molecule has 2 saturated heterocycles. The van der Waals surface area contributed by atoms with Gasteiger partial charge in [-0.15, -0.1) is 0 Å². The zero-order valence-electron chi connectivity index (χ0n) is 15.7. The molecule has 0 saturated carbocycles. The van der Waals surface area contributed by atoms with E-state index in [1.165, 1.54) is 0 Å². The lowest BCUT2D eigenvalue weighted by molar-refractivity contribution is -0.320. The van der Waals surface area contributed by atoms with E-state index in [0.29, 0.717) is 6.42 Å². The average molecular weight is 416 g/mol. The van der Waals surface area contributed by atoms with Crippen LogP contribution in [0, 0.1) is 0 Å². The molecule has 164 valence electrons. The summed E-state index contributed by atoms with van der Waals surface area (Å²) in [6.07, 6.45) is -11.5. The van der Waals surface area contributed by atoms with Gasteiger partial charge in [-0.05, 0) is 12.0 Å². The maximum atomic E-state index is 10.2. The van der Waals surface area contributed by atoms with Crippen molar-refractivity contribution in [2.75, 3.05) is 19.8 Å². The SMILES string of the molecule is O[C@@H]1[C@@H](O)[C@H](OCCc2ccccc2)O[C@H](CO[C@@H]2OC[C@@H](O)[C@@H](O)[C@@H]2O)[C@H]1O. The van der Waals surface area contributed by atoms with Crippen LogP contribution >= 0.6 is 0 Å². The van der Waals surface area contributed by atoms with Crippen LogP contribution in [0.4, 0.5) is 0 Å². The molecule has 10 heteroatoms. The second-order valence-corrected chi connectivity index (χ2v) is 7.20. The Hall–Kier alpha value is -1.18. The standard InChI is InChI=1S/C19H28O10/c20-11-8-27-18(16(24)13(11)21)28-9-12-14(22)15(23)17(25)19(29-12)26-7-6-10-4-2-1-3-5-10/h1-5,11-25H,6-9H2/t11-,12-,13-,14-,15+,16+,17-,18+,19-/m1/s1. The number of ether oxygens (including phenoxy) is 4. The zero-order valence-corrected chi connectivity index (χ0v) is 15.7. The first-order chi connectivity index (χ1) is 13.9. The topological polar surface area (TPSA) is 158 Å². The summed E-state index contributed by atoms with van der Waals surface area (Å²) >= 11 is 0. The van der Waals surface area contributed by atoms with Crippen molar-refractivity contribution < 1.29 is 49.6 Å². The molecule has 2 heterocycles. The van der Waals surface area contributed by atoms with Crippen molar-refractivity contribution in [1.82, 2.24) is 0 Å². The second-order valence-electron chi connectivity index (χ2n) is 7.20. The third-order valence-corrected chi connectivity index (χ3v) is 5.06. The van der Waals surface area contributed by atoms with Gasteiger partial charge in [-0.1, -0.05) is 30.3 Å². The van der Waals surface area contributed by atoms with E-state index in [2.05, 4.69) is 0 Å². The van der Waals surface area contributed by atoms with Crippen LogP contribution in [0.25, 0.3) is 0 Å². The molecule has 2 aliphatic rings. The van der Waals surface area contributed by atoms with Gasteiger partial charge in [-0.2, -0.15) is 0 Å². The summed E-state index contributed by atoms with van der Waals surface area (Å²) in [4.78, 5) is 0. The van der Waals surface area contributed by atoms with Crippen LogP contribution in [0.5, 0.6) is 0 Å². The number of hydrogen-bond donors (Lipinski definition) is 6. The van der Waals surface area contributed by atoms with Gasteiger partial charge >= 0.3 is 0 Å². The Morgan fingerprint density at radius 1 is 0.793 bits per heavy atom. The molecule has 1 aromatic rings. The van der Waals surface area contributed by atoms with Crippen molar-refractivity contribution >= 4 is 0 Å². The first-order valence-corrected chi connectivity index (χ1v) is 9.51. The molecule has 2 aliphatic heterocycles. The number of aliphatic hydroxyl groups excluding tert-OH is 6. The van der Waals surface area contributed by atoms with Crippen LogP contribution in [-0.2, 0) is 25.4 Å². The third kappa shape index (κ3) is 5.50. The molecule has 2 fully saturated rings. The maximum absolute atomic E-state index is 10.2. The summed E-state index contributed by atoms with van der Waals surface area (Å²) in [5, 5.41) is 59.4. The highest BCUT2D eigenvalue weighted by atomic mass is 16.7. The van der Waals surface area contributed by atoms with Crippen molar-refractivity contribution in [1.29, 1.82) is 0 Å². The minimum Gasteiger partial charge on any atom is -0.388 e. The third-order valence-electron chi connectivity index (χ3n) is 5.06. The Kier molecular flexibility index (Phi) is 7.93. The first kappa shape index (κ1) is 22.5. The number of rotatable bonds is 7. The van der Waals surface area contributed by atoms with Gasteiger partial charge in [-0.3, -0.25) is 0 Å². The Balaban J connectivity index is 1.51. The Morgan fingerprint density at radius 2 is 1.48 bits per heavy atom. The molecule has 3 rings (SSSR count). The largest absolute Gasteiger partial charge is 0.388 e. The van der Waals surface area contributed by atoms with E-state index in [0.717, 1.165) is 5.56 Å². The smallest absolute Gasteiger partial charge is 0.186 e. The average Bonchev–Trinajstić information content (AvgIpc) is 2.73. The van der Waals surface area contributed by atoms with E-state index in [4.69, 9.17) is 18.9 Å². The van der Waals surface area contributed by atoms with Crippen molar-refractivity contribution in [3.05, 3.63) is 35.9 Å². The van der Waals surface area contributed by atoms with E-state index in [9.17, 15) is 30.6 Å². The van der Waals surface area contributed by atoms with Gasteiger partial charge in [0.05, 0.1) is 19.8 Å². The Bertz CT molecular complexity index is 616. The van der Waals surface area contributed by atoms with Gasteiger partial charge in [-0.25, -0.2) is 0 Å². The highest BCUT2D eigenvalue weighted by molar-refractivity contribution is 5.14. The van der Waals surface area contributed by atoms with Crippen LogP contribution in [-0.4, -0.2) is 106 Å². The number of benzene rings is 1. The summed E-state index contributed by atoms with van der Waals surface area (Å²) in [5.41, 5.74) is 1.03. The minimum atomic E-state index is -1.52. The molecule has 0 aromatic heterocycles. The molecule has 0 bridgehead atoms.